The van der Waals surface area contributed by atoms with E-state index < -0.39 is 0 Å². The van der Waals surface area contributed by atoms with E-state index in [1.807, 2.05) is 54.6 Å². The van der Waals surface area contributed by atoms with Crippen LogP contribution in [0.3, 0.4) is 0 Å². The molecule has 37 heavy (non-hydrogen) atoms. The normalized spacial score (nSPS) is 16.8. The second kappa shape index (κ2) is 11.6. The van der Waals surface area contributed by atoms with Crippen molar-refractivity contribution in [1.29, 1.82) is 0 Å². The molecular weight excluding hydrogens is 487 g/mol. The molecule has 3 aromatic rings. The third-order valence-electron chi connectivity index (χ3n) is 6.55. The number of hydrogen-bond acceptors (Lipinski definition) is 5. The number of carbonyl (C=O) groups excluding carboxylic acids is 2. The Kier molecular flexibility index (Phi) is 7.87. The molecule has 2 N–H and O–H groups in total. The molecule has 2 amide bonds. The van der Waals surface area contributed by atoms with Gasteiger partial charge in [0.2, 0.25) is 0 Å². The van der Waals surface area contributed by atoms with E-state index in [0.717, 1.165) is 61.0 Å². The lowest BCUT2D eigenvalue weighted by atomic mass is 10.1. The molecule has 2 aliphatic heterocycles. The van der Waals surface area contributed by atoms with Crippen molar-refractivity contribution in [2.75, 3.05) is 49.5 Å². The van der Waals surface area contributed by atoms with Gasteiger partial charge in [0, 0.05) is 48.9 Å². The number of anilines is 2. The van der Waals surface area contributed by atoms with Crippen molar-refractivity contribution < 1.29 is 14.0 Å². The maximum Gasteiger partial charge on any atom is 0.262 e. The topological polar surface area (TPSA) is 64.7 Å². The fourth-order valence-electron chi connectivity index (χ4n) is 4.47. The highest BCUT2D eigenvalue weighted by Gasteiger charge is 2.20. The third-order valence-corrected chi connectivity index (χ3v) is 7.65. The summed E-state index contributed by atoms with van der Waals surface area (Å²) in [5.41, 5.74) is 3.35. The Morgan fingerprint density at radius 3 is 2.46 bits per heavy atom. The quantitative estimate of drug-likeness (QED) is 0.347. The lowest BCUT2D eigenvalue weighted by Crippen LogP contribution is -2.47. The molecule has 0 aliphatic carbocycles. The summed E-state index contributed by atoms with van der Waals surface area (Å²) in [4.78, 5) is 31.3. The molecule has 2 heterocycles. The summed E-state index contributed by atoms with van der Waals surface area (Å²) in [6, 6.07) is 21.7. The number of amides is 2. The molecule has 6 nitrogen and oxygen atoms in total. The van der Waals surface area contributed by atoms with Gasteiger partial charge in [0.25, 0.3) is 11.8 Å². The molecule has 0 atom stereocenters. The Hall–Kier alpha value is -3.62. The minimum atomic E-state index is -0.211. The van der Waals surface area contributed by atoms with Crippen LogP contribution in [0.5, 0.6) is 0 Å². The SMILES string of the molecule is O=C1Nc2ccccc2S/C1=C/c1ccc(C(=O)NCCCN2CCN(c3ccc(F)cc3)CC2)cc1. The van der Waals surface area contributed by atoms with Gasteiger partial charge in [-0.3, -0.25) is 14.5 Å². The molecule has 5 rings (SSSR count). The summed E-state index contributed by atoms with van der Waals surface area (Å²) in [7, 11) is 0. The first-order valence-electron chi connectivity index (χ1n) is 12.5. The van der Waals surface area contributed by atoms with E-state index in [1.54, 1.807) is 12.1 Å². The Morgan fingerprint density at radius 2 is 1.70 bits per heavy atom. The number of carbonyl (C=O) groups is 2. The second-order valence-electron chi connectivity index (χ2n) is 9.10. The summed E-state index contributed by atoms with van der Waals surface area (Å²) < 4.78 is 13.1. The number of hydrogen-bond donors (Lipinski definition) is 2. The number of halogens is 1. The standard InChI is InChI=1S/C29H29FN4O2S/c30-23-10-12-24(13-11-23)34-18-16-33(17-19-34)15-3-14-31-28(35)22-8-6-21(7-9-22)20-27-29(36)32-25-4-1-2-5-26(25)37-27/h1-2,4-13,20H,3,14-19H2,(H,31,35)(H,32,36)/b27-20+. The van der Waals surface area contributed by atoms with E-state index in [4.69, 9.17) is 0 Å². The van der Waals surface area contributed by atoms with Gasteiger partial charge in [0.1, 0.15) is 5.82 Å². The van der Waals surface area contributed by atoms with Crippen molar-refractivity contribution in [3.8, 4) is 0 Å². The highest BCUT2D eigenvalue weighted by molar-refractivity contribution is 8.04. The number of nitrogens with one attached hydrogen (secondary N) is 2. The number of fused-ring (bicyclic) bond motifs is 1. The lowest BCUT2D eigenvalue weighted by molar-refractivity contribution is -0.112. The minimum absolute atomic E-state index is 0.0981. The molecule has 3 aromatic carbocycles. The molecule has 8 heteroatoms. The first kappa shape index (κ1) is 25.0. The van der Waals surface area contributed by atoms with Gasteiger partial charge in [0.05, 0.1) is 10.6 Å². The smallest absolute Gasteiger partial charge is 0.262 e. The highest BCUT2D eigenvalue weighted by atomic mass is 32.2. The lowest BCUT2D eigenvalue weighted by Gasteiger charge is -2.36. The molecule has 1 fully saturated rings. The van der Waals surface area contributed by atoms with Crippen LogP contribution in [-0.2, 0) is 4.79 Å². The average molecular weight is 517 g/mol. The first-order chi connectivity index (χ1) is 18.0. The first-order valence-corrected chi connectivity index (χ1v) is 13.3. The summed E-state index contributed by atoms with van der Waals surface area (Å²) in [6.45, 7) is 5.25. The number of para-hydroxylation sites is 1. The van der Waals surface area contributed by atoms with Crippen molar-refractivity contribution in [3.05, 3.63) is 94.6 Å². The Balaban J connectivity index is 1.05. The van der Waals surface area contributed by atoms with Crippen molar-refractivity contribution in [3.63, 3.8) is 0 Å². The zero-order chi connectivity index (χ0) is 25.6. The third kappa shape index (κ3) is 6.39. The van der Waals surface area contributed by atoms with Crippen LogP contribution in [0.25, 0.3) is 6.08 Å². The molecule has 0 saturated carbocycles. The number of piperazine rings is 1. The van der Waals surface area contributed by atoms with Crippen molar-refractivity contribution >= 4 is 41.0 Å². The number of rotatable bonds is 7. The van der Waals surface area contributed by atoms with E-state index in [-0.39, 0.29) is 17.6 Å². The molecule has 190 valence electrons. The van der Waals surface area contributed by atoms with E-state index in [0.29, 0.717) is 17.0 Å². The van der Waals surface area contributed by atoms with Crippen LogP contribution in [0, 0.1) is 5.82 Å². The van der Waals surface area contributed by atoms with Crippen molar-refractivity contribution in [2.24, 2.45) is 0 Å². The zero-order valence-electron chi connectivity index (χ0n) is 20.5. The molecule has 0 bridgehead atoms. The van der Waals surface area contributed by atoms with Gasteiger partial charge in [-0.2, -0.15) is 0 Å². The maximum atomic E-state index is 13.1. The molecule has 0 aromatic heterocycles. The van der Waals surface area contributed by atoms with E-state index in [1.165, 1.54) is 23.9 Å². The molecular formula is C29H29FN4O2S. The minimum Gasteiger partial charge on any atom is -0.369 e. The van der Waals surface area contributed by atoms with Crippen LogP contribution in [0.1, 0.15) is 22.3 Å². The second-order valence-corrected chi connectivity index (χ2v) is 10.2. The fraction of sp³-hybridized carbons (Fsp3) is 0.241. The van der Waals surface area contributed by atoms with Crippen molar-refractivity contribution in [2.45, 2.75) is 11.3 Å². The average Bonchev–Trinajstić information content (AvgIpc) is 2.93. The number of nitrogens with zero attached hydrogens (tertiary/aromatic N) is 2. The van der Waals surface area contributed by atoms with Gasteiger partial charge in [0.15, 0.2) is 0 Å². The predicted octanol–water partition coefficient (Wildman–Crippen LogP) is 4.85. The molecule has 2 aliphatic rings. The van der Waals surface area contributed by atoms with Gasteiger partial charge >= 0.3 is 0 Å². The Morgan fingerprint density at radius 1 is 0.973 bits per heavy atom. The monoisotopic (exact) mass is 516 g/mol. The van der Waals surface area contributed by atoms with Crippen LogP contribution >= 0.6 is 11.8 Å². The summed E-state index contributed by atoms with van der Waals surface area (Å²) >= 11 is 1.44. The van der Waals surface area contributed by atoms with E-state index >= 15 is 0 Å². The van der Waals surface area contributed by atoms with E-state index in [2.05, 4.69) is 20.4 Å². The predicted molar refractivity (Wildman–Crippen MR) is 147 cm³/mol. The Bertz CT molecular complexity index is 1290. The van der Waals surface area contributed by atoms with Gasteiger partial charge in [-0.1, -0.05) is 36.0 Å². The van der Waals surface area contributed by atoms with Crippen LogP contribution < -0.4 is 15.5 Å². The van der Waals surface area contributed by atoms with Crippen molar-refractivity contribution in [1.82, 2.24) is 10.2 Å². The van der Waals surface area contributed by atoms with Crippen LogP contribution in [0.4, 0.5) is 15.8 Å². The summed E-state index contributed by atoms with van der Waals surface area (Å²) in [6.07, 6.45) is 2.72. The van der Waals surface area contributed by atoms with Crippen LogP contribution in [0.2, 0.25) is 0 Å². The molecule has 0 unspecified atom stereocenters. The van der Waals surface area contributed by atoms with Gasteiger partial charge in [-0.15, -0.1) is 0 Å². The maximum absolute atomic E-state index is 13.1. The van der Waals surface area contributed by atoms with Crippen LogP contribution in [0.15, 0.2) is 82.6 Å². The molecule has 0 spiro atoms. The molecule has 1 saturated heterocycles. The molecule has 0 radical (unpaired) electrons. The Labute approximate surface area is 220 Å². The number of thioether (sulfide) groups is 1. The number of benzene rings is 3. The fourth-order valence-corrected chi connectivity index (χ4v) is 5.42. The summed E-state index contributed by atoms with van der Waals surface area (Å²) in [5, 5.41) is 5.92. The van der Waals surface area contributed by atoms with Gasteiger partial charge < -0.3 is 15.5 Å². The van der Waals surface area contributed by atoms with Crippen LogP contribution in [-0.4, -0.2) is 56.0 Å². The zero-order valence-corrected chi connectivity index (χ0v) is 21.3. The van der Waals surface area contributed by atoms with E-state index in [9.17, 15) is 14.0 Å². The largest absolute Gasteiger partial charge is 0.369 e. The summed E-state index contributed by atoms with van der Waals surface area (Å²) in [5.74, 6) is -0.432. The van der Waals surface area contributed by atoms with Gasteiger partial charge in [-0.25, -0.2) is 4.39 Å². The highest BCUT2D eigenvalue weighted by Crippen LogP contribution is 2.38. The van der Waals surface area contributed by atoms with Gasteiger partial charge in [-0.05, 0) is 73.1 Å².